The van der Waals surface area contributed by atoms with Crippen molar-refractivity contribution >= 4 is 33.9 Å². The zero-order valence-electron chi connectivity index (χ0n) is 15.1. The maximum atomic E-state index is 15.0. The molecule has 3 aromatic rings. The number of nitrogens with one attached hydrogen (secondary N) is 1. The fourth-order valence-corrected chi connectivity index (χ4v) is 3.12. The second-order valence-corrected chi connectivity index (χ2v) is 6.59. The van der Waals surface area contributed by atoms with Gasteiger partial charge in [0.15, 0.2) is 17.4 Å². The number of aromatic nitrogens is 1. The van der Waals surface area contributed by atoms with E-state index in [4.69, 9.17) is 11.6 Å². The lowest BCUT2D eigenvalue weighted by molar-refractivity contribution is 0.283. The minimum Gasteiger partial charge on any atom is -0.505 e. The normalized spacial score (nSPS) is 11.3. The summed E-state index contributed by atoms with van der Waals surface area (Å²) in [6.45, 7) is 5.27. The molecule has 0 fully saturated rings. The highest BCUT2D eigenvalue weighted by atomic mass is 35.5. The number of hydrogen-bond donors (Lipinski definition) is 2. The van der Waals surface area contributed by atoms with Gasteiger partial charge in [-0.2, -0.15) is 0 Å². The molecular weight excluding hydrogens is 372 g/mol. The van der Waals surface area contributed by atoms with Gasteiger partial charge in [-0.25, -0.2) is 8.78 Å². The number of aromatic hydroxyl groups is 1. The monoisotopic (exact) mass is 391 g/mol. The summed E-state index contributed by atoms with van der Waals surface area (Å²) in [5.41, 5.74) is 1.09. The third-order valence-electron chi connectivity index (χ3n) is 4.53. The van der Waals surface area contributed by atoms with Gasteiger partial charge in [0.2, 0.25) is 0 Å². The van der Waals surface area contributed by atoms with Gasteiger partial charge in [0.25, 0.3) is 0 Å². The molecule has 2 N–H and O–H groups in total. The van der Waals surface area contributed by atoms with Crippen LogP contribution in [-0.4, -0.2) is 28.1 Å². The Kier molecular flexibility index (Phi) is 5.77. The molecule has 4 nitrogen and oxygen atoms in total. The van der Waals surface area contributed by atoms with E-state index in [1.165, 1.54) is 0 Å². The summed E-state index contributed by atoms with van der Waals surface area (Å²) in [6.07, 6.45) is 1.56. The van der Waals surface area contributed by atoms with Gasteiger partial charge < -0.3 is 10.4 Å². The molecule has 0 saturated carbocycles. The predicted octanol–water partition coefficient (Wildman–Crippen LogP) is 5.46. The van der Waals surface area contributed by atoms with Crippen LogP contribution in [0.1, 0.15) is 19.4 Å². The maximum Gasteiger partial charge on any atom is 0.167 e. The van der Waals surface area contributed by atoms with Crippen molar-refractivity contribution in [3.05, 3.63) is 58.7 Å². The number of hydrogen-bond acceptors (Lipinski definition) is 4. The average Bonchev–Trinajstić information content (AvgIpc) is 2.66. The van der Waals surface area contributed by atoms with Gasteiger partial charge >= 0.3 is 0 Å². The molecule has 0 saturated heterocycles. The van der Waals surface area contributed by atoms with Gasteiger partial charge in [-0.3, -0.25) is 9.88 Å². The van der Waals surface area contributed by atoms with Crippen molar-refractivity contribution in [3.8, 4) is 5.75 Å². The van der Waals surface area contributed by atoms with E-state index < -0.39 is 17.4 Å². The first-order chi connectivity index (χ1) is 12.9. The number of nitrogens with zero attached hydrogens (tertiary/aromatic N) is 2. The van der Waals surface area contributed by atoms with Crippen LogP contribution in [-0.2, 0) is 6.54 Å². The van der Waals surface area contributed by atoms with E-state index >= 15 is 4.39 Å². The fourth-order valence-electron chi connectivity index (χ4n) is 2.95. The molecule has 7 heteroatoms. The van der Waals surface area contributed by atoms with E-state index in [2.05, 4.69) is 10.3 Å². The smallest absolute Gasteiger partial charge is 0.167 e. The first-order valence-electron chi connectivity index (χ1n) is 8.68. The second kappa shape index (κ2) is 8.06. The molecule has 1 aromatic heterocycles. The topological polar surface area (TPSA) is 48.4 Å². The van der Waals surface area contributed by atoms with Crippen molar-refractivity contribution in [2.75, 3.05) is 18.4 Å². The summed E-state index contributed by atoms with van der Waals surface area (Å²) in [7, 11) is 0. The zero-order valence-corrected chi connectivity index (χ0v) is 15.8. The average molecular weight is 392 g/mol. The summed E-state index contributed by atoms with van der Waals surface area (Å²) in [5, 5.41) is 14.2. The Labute approximate surface area is 161 Å². The fraction of sp³-hybridized carbons (Fsp3) is 0.250. The molecule has 0 aliphatic rings. The first kappa shape index (κ1) is 19.3. The number of phenolic OH excluding ortho intramolecular Hbond substituents is 1. The zero-order chi connectivity index (χ0) is 19.6. The molecule has 0 aliphatic heterocycles. The van der Waals surface area contributed by atoms with E-state index in [-0.39, 0.29) is 17.8 Å². The van der Waals surface area contributed by atoms with Gasteiger partial charge in [0.05, 0.1) is 11.2 Å². The summed E-state index contributed by atoms with van der Waals surface area (Å²) in [5.74, 6) is -2.21. The van der Waals surface area contributed by atoms with Crippen molar-refractivity contribution in [3.63, 3.8) is 0 Å². The summed E-state index contributed by atoms with van der Waals surface area (Å²) in [6, 6.07) is 7.79. The molecular formula is C20H20ClF2N3O. The van der Waals surface area contributed by atoms with E-state index in [1.807, 2.05) is 18.7 Å². The number of benzene rings is 2. The molecule has 1 heterocycles. The van der Waals surface area contributed by atoms with Crippen LogP contribution in [0.2, 0.25) is 5.02 Å². The number of halogens is 3. The highest BCUT2D eigenvalue weighted by Gasteiger charge is 2.20. The summed E-state index contributed by atoms with van der Waals surface area (Å²) < 4.78 is 29.3. The van der Waals surface area contributed by atoms with Crippen LogP contribution in [0.4, 0.5) is 20.2 Å². The van der Waals surface area contributed by atoms with Crippen LogP contribution in [0.5, 0.6) is 5.75 Å². The Morgan fingerprint density at radius 1 is 1.11 bits per heavy atom. The summed E-state index contributed by atoms with van der Waals surface area (Å²) in [4.78, 5) is 6.13. The Morgan fingerprint density at radius 2 is 1.85 bits per heavy atom. The molecule has 0 atom stereocenters. The largest absolute Gasteiger partial charge is 0.505 e. The minimum absolute atomic E-state index is 0.0464. The van der Waals surface area contributed by atoms with E-state index in [1.54, 1.807) is 30.5 Å². The van der Waals surface area contributed by atoms with Crippen LogP contribution >= 0.6 is 11.6 Å². The lowest BCUT2D eigenvalue weighted by Gasteiger charge is -2.21. The number of rotatable bonds is 6. The lowest BCUT2D eigenvalue weighted by Crippen LogP contribution is -2.23. The molecule has 0 spiro atoms. The van der Waals surface area contributed by atoms with Crippen LogP contribution in [0.3, 0.4) is 0 Å². The van der Waals surface area contributed by atoms with E-state index in [0.717, 1.165) is 11.5 Å². The highest BCUT2D eigenvalue weighted by Crippen LogP contribution is 2.34. The van der Waals surface area contributed by atoms with E-state index in [0.29, 0.717) is 29.3 Å². The van der Waals surface area contributed by atoms with Crippen LogP contribution < -0.4 is 5.32 Å². The third-order valence-corrected chi connectivity index (χ3v) is 4.77. The van der Waals surface area contributed by atoms with Gasteiger partial charge in [-0.1, -0.05) is 25.4 Å². The van der Waals surface area contributed by atoms with Crippen molar-refractivity contribution in [2.45, 2.75) is 20.4 Å². The van der Waals surface area contributed by atoms with Crippen molar-refractivity contribution < 1.29 is 13.9 Å². The molecule has 142 valence electrons. The second-order valence-electron chi connectivity index (χ2n) is 6.15. The SMILES string of the molecule is CCN(CC)Cc1c(O)c(F)cc(Nc2ccnc3cc(Cl)ccc23)c1F. The highest BCUT2D eigenvalue weighted by molar-refractivity contribution is 6.31. The maximum absolute atomic E-state index is 15.0. The summed E-state index contributed by atoms with van der Waals surface area (Å²) >= 11 is 5.99. The number of fused-ring (bicyclic) bond motifs is 1. The quantitative estimate of drug-likeness (QED) is 0.548. The van der Waals surface area contributed by atoms with Crippen molar-refractivity contribution in [1.29, 1.82) is 0 Å². The first-order valence-corrected chi connectivity index (χ1v) is 9.05. The Bertz CT molecular complexity index is 977. The van der Waals surface area contributed by atoms with Gasteiger partial charge in [-0.15, -0.1) is 0 Å². The lowest BCUT2D eigenvalue weighted by atomic mass is 10.1. The van der Waals surface area contributed by atoms with Gasteiger partial charge in [0.1, 0.15) is 0 Å². The van der Waals surface area contributed by atoms with Crippen molar-refractivity contribution in [1.82, 2.24) is 9.88 Å². The number of anilines is 2. The Balaban J connectivity index is 2.04. The molecule has 0 amide bonds. The minimum atomic E-state index is -0.873. The van der Waals surface area contributed by atoms with Crippen LogP contribution in [0.15, 0.2) is 36.5 Å². The standard InChI is InChI=1S/C20H20ClF2N3O/c1-3-26(4-2)11-14-19(23)18(10-15(22)20(14)27)25-16-7-8-24-17-9-12(21)5-6-13(16)17/h5-10,27H,3-4,11H2,1-2H3,(H,24,25). The van der Waals surface area contributed by atoms with Crippen LogP contribution in [0, 0.1) is 11.6 Å². The Morgan fingerprint density at radius 3 is 2.56 bits per heavy atom. The molecule has 0 unspecified atom stereocenters. The molecule has 2 aromatic carbocycles. The molecule has 0 aliphatic carbocycles. The van der Waals surface area contributed by atoms with Crippen molar-refractivity contribution in [2.24, 2.45) is 0 Å². The Hall–Kier alpha value is -2.44. The van der Waals surface area contributed by atoms with Gasteiger partial charge in [0, 0.05) is 40.5 Å². The number of pyridine rings is 1. The van der Waals surface area contributed by atoms with Gasteiger partial charge in [-0.05, 0) is 37.4 Å². The molecule has 0 radical (unpaired) electrons. The third kappa shape index (κ3) is 3.96. The molecule has 3 rings (SSSR count). The predicted molar refractivity (Wildman–Crippen MR) is 105 cm³/mol. The number of phenols is 1. The van der Waals surface area contributed by atoms with Crippen LogP contribution in [0.25, 0.3) is 10.9 Å². The molecule has 0 bridgehead atoms. The van der Waals surface area contributed by atoms with E-state index in [9.17, 15) is 9.50 Å². The molecule has 27 heavy (non-hydrogen) atoms.